The molecular formula is C35H39N5O. The van der Waals surface area contributed by atoms with Crippen molar-refractivity contribution in [2.24, 2.45) is 11.8 Å². The van der Waals surface area contributed by atoms with Crippen LogP contribution in [0.3, 0.4) is 0 Å². The summed E-state index contributed by atoms with van der Waals surface area (Å²) in [6.07, 6.45) is 1.87. The van der Waals surface area contributed by atoms with E-state index >= 15 is 0 Å². The molecule has 1 heterocycles. The van der Waals surface area contributed by atoms with Crippen molar-refractivity contribution in [3.63, 3.8) is 0 Å². The number of aromatic amines is 1. The van der Waals surface area contributed by atoms with Crippen LogP contribution in [-0.4, -0.2) is 33.7 Å². The van der Waals surface area contributed by atoms with Crippen molar-refractivity contribution in [3.8, 4) is 34.0 Å². The molecular weight excluding hydrogens is 506 g/mol. The van der Waals surface area contributed by atoms with Crippen LogP contribution in [0.15, 0.2) is 97.1 Å². The molecule has 0 saturated carbocycles. The summed E-state index contributed by atoms with van der Waals surface area (Å²) in [5, 5.41) is 14.7. The third-order valence-corrected chi connectivity index (χ3v) is 7.02. The van der Waals surface area contributed by atoms with Gasteiger partial charge in [-0.1, -0.05) is 88.4 Å². The van der Waals surface area contributed by atoms with E-state index in [1.807, 2.05) is 36.4 Å². The minimum absolute atomic E-state index is 0.568. The van der Waals surface area contributed by atoms with Gasteiger partial charge < -0.3 is 9.64 Å². The average Bonchev–Trinajstić information content (AvgIpc) is 3.52. The minimum atomic E-state index is 0.568. The van der Waals surface area contributed by atoms with Crippen LogP contribution in [0.5, 0.6) is 11.5 Å². The molecule has 210 valence electrons. The van der Waals surface area contributed by atoms with E-state index in [0.29, 0.717) is 17.7 Å². The van der Waals surface area contributed by atoms with Gasteiger partial charge in [-0.25, -0.2) is 5.10 Å². The monoisotopic (exact) mass is 545 g/mol. The van der Waals surface area contributed by atoms with Crippen LogP contribution < -0.4 is 9.64 Å². The number of rotatable bonds is 12. The van der Waals surface area contributed by atoms with Crippen LogP contribution in [0.2, 0.25) is 0 Å². The fourth-order valence-electron chi connectivity index (χ4n) is 5.26. The molecule has 0 amide bonds. The number of tetrazole rings is 1. The number of H-pyrrole nitrogens is 1. The predicted molar refractivity (Wildman–Crippen MR) is 167 cm³/mol. The maximum absolute atomic E-state index is 6.00. The molecule has 6 nitrogen and oxygen atoms in total. The number of aromatic nitrogens is 4. The van der Waals surface area contributed by atoms with Crippen molar-refractivity contribution in [1.29, 1.82) is 0 Å². The lowest BCUT2D eigenvalue weighted by molar-refractivity contribution is 0.482. The fourth-order valence-corrected chi connectivity index (χ4v) is 5.26. The quantitative estimate of drug-likeness (QED) is 0.171. The maximum atomic E-state index is 6.00. The predicted octanol–water partition coefficient (Wildman–Crippen LogP) is 8.23. The second kappa shape index (κ2) is 13.3. The third-order valence-electron chi connectivity index (χ3n) is 7.02. The highest BCUT2D eigenvalue weighted by Crippen LogP contribution is 2.34. The van der Waals surface area contributed by atoms with E-state index in [4.69, 9.17) is 4.74 Å². The minimum Gasteiger partial charge on any atom is -0.457 e. The number of ether oxygens (including phenoxy) is 1. The lowest BCUT2D eigenvalue weighted by Crippen LogP contribution is -2.32. The van der Waals surface area contributed by atoms with Gasteiger partial charge in [-0.05, 0) is 93.8 Å². The first-order valence-corrected chi connectivity index (χ1v) is 14.5. The Bertz CT molecular complexity index is 1500. The van der Waals surface area contributed by atoms with Crippen LogP contribution in [-0.2, 0) is 12.8 Å². The molecule has 0 bridgehead atoms. The summed E-state index contributed by atoms with van der Waals surface area (Å²) in [5.41, 5.74) is 7.22. The van der Waals surface area contributed by atoms with E-state index in [9.17, 15) is 0 Å². The molecule has 6 heteroatoms. The van der Waals surface area contributed by atoms with Crippen molar-refractivity contribution < 1.29 is 4.74 Å². The largest absolute Gasteiger partial charge is 0.457 e. The Morgan fingerprint density at radius 3 is 2.02 bits per heavy atom. The van der Waals surface area contributed by atoms with E-state index < -0.39 is 0 Å². The number of nitrogens with one attached hydrogen (secondary N) is 1. The van der Waals surface area contributed by atoms with Gasteiger partial charge in [0, 0.05) is 24.3 Å². The molecule has 1 N–H and O–H groups in total. The molecule has 0 aliphatic heterocycles. The highest BCUT2D eigenvalue weighted by Gasteiger charge is 2.17. The number of hydrogen-bond donors (Lipinski definition) is 1. The van der Waals surface area contributed by atoms with Crippen molar-refractivity contribution in [3.05, 3.63) is 108 Å². The standard InChI is InChI=1S/C35H39N5O/c1-25(2)23-40(24-26(3)4)34-21-18-28(32-12-8-9-13-33(32)35-36-38-39-37-35)22-29(34)17-14-27-15-19-31(20-16-27)41-30-10-6-5-7-11-30/h5-13,15-16,18-22,25-26H,14,17,23-24H2,1-4H3,(H,36,37,38,39). The number of para-hydroxylation sites is 1. The highest BCUT2D eigenvalue weighted by molar-refractivity contribution is 5.81. The zero-order chi connectivity index (χ0) is 28.6. The van der Waals surface area contributed by atoms with Gasteiger partial charge >= 0.3 is 0 Å². The summed E-state index contributed by atoms with van der Waals surface area (Å²) >= 11 is 0. The molecule has 0 aliphatic rings. The van der Waals surface area contributed by atoms with Gasteiger partial charge in [-0.3, -0.25) is 0 Å². The number of aryl methyl sites for hydroxylation is 2. The smallest absolute Gasteiger partial charge is 0.180 e. The molecule has 0 aliphatic carbocycles. The molecule has 5 rings (SSSR count). The van der Waals surface area contributed by atoms with Crippen molar-refractivity contribution in [1.82, 2.24) is 20.6 Å². The Balaban J connectivity index is 1.45. The Morgan fingerprint density at radius 1 is 0.707 bits per heavy atom. The molecule has 5 aromatic rings. The van der Waals surface area contributed by atoms with E-state index in [-0.39, 0.29) is 0 Å². The van der Waals surface area contributed by atoms with E-state index in [2.05, 4.69) is 114 Å². The first kappa shape index (κ1) is 28.1. The Hall–Kier alpha value is -4.45. The SMILES string of the molecule is CC(C)CN(CC(C)C)c1ccc(-c2ccccc2-c2nnn[nH]2)cc1CCc1ccc(Oc2ccccc2)cc1. The molecule has 4 aromatic carbocycles. The Labute approximate surface area is 243 Å². The summed E-state index contributed by atoms with van der Waals surface area (Å²) in [7, 11) is 0. The van der Waals surface area contributed by atoms with Crippen LogP contribution >= 0.6 is 0 Å². The third kappa shape index (κ3) is 7.40. The van der Waals surface area contributed by atoms with E-state index in [0.717, 1.165) is 54.1 Å². The Kier molecular flexibility index (Phi) is 9.09. The number of benzene rings is 4. The molecule has 0 unspecified atom stereocenters. The average molecular weight is 546 g/mol. The van der Waals surface area contributed by atoms with E-state index in [1.165, 1.54) is 16.8 Å². The highest BCUT2D eigenvalue weighted by atomic mass is 16.5. The second-order valence-electron chi connectivity index (χ2n) is 11.4. The summed E-state index contributed by atoms with van der Waals surface area (Å²) in [6.45, 7) is 11.2. The van der Waals surface area contributed by atoms with Gasteiger partial charge in [0.05, 0.1) is 0 Å². The number of hydrogen-bond acceptors (Lipinski definition) is 5. The summed E-state index contributed by atoms with van der Waals surface area (Å²) in [6, 6.07) is 33.6. The molecule has 0 fully saturated rings. The zero-order valence-corrected chi connectivity index (χ0v) is 24.4. The van der Waals surface area contributed by atoms with Gasteiger partial charge in [0.2, 0.25) is 0 Å². The van der Waals surface area contributed by atoms with Crippen molar-refractivity contribution >= 4 is 5.69 Å². The molecule has 41 heavy (non-hydrogen) atoms. The van der Waals surface area contributed by atoms with Gasteiger partial charge in [0.25, 0.3) is 0 Å². The van der Waals surface area contributed by atoms with Gasteiger partial charge in [-0.2, -0.15) is 0 Å². The molecule has 0 radical (unpaired) electrons. The first-order valence-electron chi connectivity index (χ1n) is 14.5. The van der Waals surface area contributed by atoms with Crippen LogP contribution in [0.25, 0.3) is 22.5 Å². The van der Waals surface area contributed by atoms with Crippen LogP contribution in [0.1, 0.15) is 38.8 Å². The van der Waals surface area contributed by atoms with Gasteiger partial charge in [-0.15, -0.1) is 5.10 Å². The van der Waals surface area contributed by atoms with Crippen LogP contribution in [0, 0.1) is 11.8 Å². The summed E-state index contributed by atoms with van der Waals surface area (Å²) in [4.78, 5) is 2.57. The van der Waals surface area contributed by atoms with Crippen molar-refractivity contribution in [2.45, 2.75) is 40.5 Å². The normalized spacial score (nSPS) is 11.3. The van der Waals surface area contributed by atoms with Gasteiger partial charge in [0.1, 0.15) is 11.5 Å². The first-order chi connectivity index (χ1) is 20.0. The molecule has 0 spiro atoms. The summed E-state index contributed by atoms with van der Waals surface area (Å²) in [5.74, 6) is 3.50. The van der Waals surface area contributed by atoms with Gasteiger partial charge in [0.15, 0.2) is 5.82 Å². The topological polar surface area (TPSA) is 66.9 Å². The lowest BCUT2D eigenvalue weighted by Gasteiger charge is -2.31. The fraction of sp³-hybridized carbons (Fsp3) is 0.286. The lowest BCUT2D eigenvalue weighted by atomic mass is 9.94. The molecule has 1 aromatic heterocycles. The second-order valence-corrected chi connectivity index (χ2v) is 11.4. The molecule has 0 atom stereocenters. The maximum Gasteiger partial charge on any atom is 0.180 e. The van der Waals surface area contributed by atoms with E-state index in [1.54, 1.807) is 0 Å². The summed E-state index contributed by atoms with van der Waals surface area (Å²) < 4.78 is 6.00. The number of anilines is 1. The van der Waals surface area contributed by atoms with Crippen LogP contribution in [0.4, 0.5) is 5.69 Å². The Morgan fingerprint density at radius 2 is 1.37 bits per heavy atom. The molecule has 0 saturated heterocycles. The number of nitrogens with zero attached hydrogens (tertiary/aromatic N) is 4. The zero-order valence-electron chi connectivity index (χ0n) is 24.4. The van der Waals surface area contributed by atoms with Crippen molar-refractivity contribution in [2.75, 3.05) is 18.0 Å².